The van der Waals surface area contributed by atoms with E-state index in [0.29, 0.717) is 35.9 Å². The van der Waals surface area contributed by atoms with E-state index in [-0.39, 0.29) is 11.9 Å². The highest BCUT2D eigenvalue weighted by Crippen LogP contribution is 2.29. The highest BCUT2D eigenvalue weighted by Gasteiger charge is 2.30. The molecule has 2 aromatic heterocycles. The lowest BCUT2D eigenvalue weighted by atomic mass is 9.94. The molecule has 0 bridgehead atoms. The van der Waals surface area contributed by atoms with Gasteiger partial charge in [-0.2, -0.15) is 5.26 Å². The van der Waals surface area contributed by atoms with Gasteiger partial charge in [0.2, 0.25) is 0 Å². The molecule has 1 atom stereocenters. The number of amides is 1. The average Bonchev–Trinajstić information content (AvgIpc) is 2.83. The largest absolute Gasteiger partial charge is 0.368 e. The van der Waals surface area contributed by atoms with Crippen molar-refractivity contribution in [3.8, 4) is 17.5 Å². The molecule has 3 aromatic rings. The summed E-state index contributed by atoms with van der Waals surface area (Å²) in [5, 5.41) is 12.3. The number of carbonyl (C=O) groups is 1. The van der Waals surface area contributed by atoms with Crippen LogP contribution in [0.5, 0.6) is 0 Å². The lowest BCUT2D eigenvalue weighted by Crippen LogP contribution is -2.47. The Labute approximate surface area is 188 Å². The topological polar surface area (TPSA) is 94.8 Å². The number of rotatable bonds is 5. The van der Waals surface area contributed by atoms with Crippen LogP contribution in [0.3, 0.4) is 0 Å². The van der Waals surface area contributed by atoms with Crippen LogP contribution in [0, 0.1) is 25.2 Å². The summed E-state index contributed by atoms with van der Waals surface area (Å²) in [6.45, 7) is 5.33. The Morgan fingerprint density at radius 3 is 2.72 bits per heavy atom. The minimum atomic E-state index is 0.0125. The molecule has 1 N–H and O–H groups in total. The van der Waals surface area contributed by atoms with Crippen LogP contribution in [0.15, 0.2) is 48.9 Å². The summed E-state index contributed by atoms with van der Waals surface area (Å²) in [7, 11) is 0. The van der Waals surface area contributed by atoms with Crippen molar-refractivity contribution < 1.29 is 4.79 Å². The van der Waals surface area contributed by atoms with E-state index in [0.717, 1.165) is 36.0 Å². The first kappa shape index (κ1) is 21.4. The molecule has 1 saturated heterocycles. The smallest absolute Gasteiger partial charge is 0.254 e. The second kappa shape index (κ2) is 9.56. The number of anilines is 1. The maximum absolute atomic E-state index is 13.8. The van der Waals surface area contributed by atoms with Gasteiger partial charge in [-0.05, 0) is 62.9 Å². The number of nitrogens with one attached hydrogen (secondary N) is 1. The Kier molecular flexibility index (Phi) is 6.41. The Morgan fingerprint density at radius 2 is 2.00 bits per heavy atom. The second-order valence-electron chi connectivity index (χ2n) is 8.15. The van der Waals surface area contributed by atoms with Gasteiger partial charge in [-0.3, -0.25) is 4.79 Å². The second-order valence-corrected chi connectivity index (χ2v) is 8.15. The van der Waals surface area contributed by atoms with Crippen molar-refractivity contribution >= 4 is 11.7 Å². The van der Waals surface area contributed by atoms with Crippen LogP contribution in [-0.2, 0) is 0 Å². The Bertz CT molecular complexity index is 1140. The third-order valence-electron chi connectivity index (χ3n) is 5.80. The monoisotopic (exact) mass is 426 g/mol. The molecule has 3 heterocycles. The zero-order chi connectivity index (χ0) is 22.5. The summed E-state index contributed by atoms with van der Waals surface area (Å²) in [4.78, 5) is 28.9. The van der Waals surface area contributed by atoms with Crippen LogP contribution < -0.4 is 5.32 Å². The highest BCUT2D eigenvalue weighted by atomic mass is 16.2. The fraction of sp³-hybridized carbons (Fsp3) is 0.320. The van der Waals surface area contributed by atoms with Crippen molar-refractivity contribution in [3.05, 3.63) is 71.2 Å². The third-order valence-corrected chi connectivity index (χ3v) is 5.80. The fourth-order valence-corrected chi connectivity index (χ4v) is 4.28. The van der Waals surface area contributed by atoms with Gasteiger partial charge in [0, 0.05) is 43.3 Å². The molecule has 1 fully saturated rings. The molecular weight excluding hydrogens is 400 g/mol. The van der Waals surface area contributed by atoms with Gasteiger partial charge < -0.3 is 10.2 Å². The SMILES string of the molecule is Cc1cc(C)c(-c2ncccn2)c(C(=O)N2CCCCC2CNc2ccc(C#N)cn2)c1. The predicted molar refractivity (Wildman–Crippen MR) is 123 cm³/mol. The number of carbonyl (C=O) groups excluding carboxylic acids is 1. The van der Waals surface area contributed by atoms with E-state index in [1.54, 1.807) is 36.8 Å². The molecule has 0 aliphatic carbocycles. The molecule has 4 rings (SSSR count). The van der Waals surface area contributed by atoms with E-state index in [4.69, 9.17) is 5.26 Å². The van der Waals surface area contributed by atoms with Crippen LogP contribution in [0.25, 0.3) is 11.4 Å². The summed E-state index contributed by atoms with van der Waals surface area (Å²) in [5.74, 6) is 1.28. The zero-order valence-corrected chi connectivity index (χ0v) is 18.4. The van der Waals surface area contributed by atoms with Crippen molar-refractivity contribution in [3.63, 3.8) is 0 Å². The van der Waals surface area contributed by atoms with Gasteiger partial charge in [-0.25, -0.2) is 15.0 Å². The van der Waals surface area contributed by atoms with Crippen LogP contribution >= 0.6 is 0 Å². The van der Waals surface area contributed by atoms with E-state index in [2.05, 4.69) is 32.4 Å². The van der Waals surface area contributed by atoms with E-state index in [1.807, 2.05) is 24.8 Å². The number of hydrogen-bond acceptors (Lipinski definition) is 6. The summed E-state index contributed by atoms with van der Waals surface area (Å²) in [5.41, 5.74) is 4.01. The van der Waals surface area contributed by atoms with Gasteiger partial charge in [-0.15, -0.1) is 0 Å². The molecule has 7 nitrogen and oxygen atoms in total. The summed E-state index contributed by atoms with van der Waals surface area (Å²) >= 11 is 0. The summed E-state index contributed by atoms with van der Waals surface area (Å²) in [6.07, 6.45) is 7.95. The highest BCUT2D eigenvalue weighted by molar-refractivity contribution is 6.01. The first-order valence-corrected chi connectivity index (χ1v) is 10.9. The number of aryl methyl sites for hydroxylation is 2. The number of likely N-dealkylation sites (tertiary alicyclic amines) is 1. The van der Waals surface area contributed by atoms with Crippen molar-refractivity contribution in [2.24, 2.45) is 0 Å². The molecule has 1 aromatic carbocycles. The molecule has 1 amide bonds. The van der Waals surface area contributed by atoms with Gasteiger partial charge in [0.15, 0.2) is 5.82 Å². The molecule has 1 aliphatic rings. The van der Waals surface area contributed by atoms with Crippen molar-refractivity contribution in [1.29, 1.82) is 5.26 Å². The number of nitrogens with zero attached hydrogens (tertiary/aromatic N) is 5. The van der Waals surface area contributed by atoms with Crippen molar-refractivity contribution in [2.75, 3.05) is 18.4 Å². The van der Waals surface area contributed by atoms with Gasteiger partial charge in [0.05, 0.1) is 11.1 Å². The number of aromatic nitrogens is 3. The Morgan fingerprint density at radius 1 is 1.19 bits per heavy atom. The number of benzene rings is 1. The molecule has 162 valence electrons. The predicted octanol–water partition coefficient (Wildman–Crippen LogP) is 4.13. The fourth-order valence-electron chi connectivity index (χ4n) is 4.28. The maximum atomic E-state index is 13.8. The van der Waals surface area contributed by atoms with E-state index in [1.165, 1.54) is 0 Å². The number of hydrogen-bond donors (Lipinski definition) is 1. The van der Waals surface area contributed by atoms with Crippen molar-refractivity contribution in [2.45, 2.75) is 39.2 Å². The number of pyridine rings is 1. The Balaban J connectivity index is 1.60. The van der Waals surface area contributed by atoms with E-state index >= 15 is 0 Å². The maximum Gasteiger partial charge on any atom is 0.254 e. The molecule has 0 spiro atoms. The third kappa shape index (κ3) is 4.59. The quantitative estimate of drug-likeness (QED) is 0.659. The number of piperidine rings is 1. The Hall–Kier alpha value is -3.79. The van der Waals surface area contributed by atoms with Crippen LogP contribution in [-0.4, -0.2) is 44.9 Å². The van der Waals surface area contributed by atoms with E-state index < -0.39 is 0 Å². The lowest BCUT2D eigenvalue weighted by molar-refractivity contribution is 0.0629. The molecule has 7 heteroatoms. The minimum Gasteiger partial charge on any atom is -0.368 e. The lowest BCUT2D eigenvalue weighted by Gasteiger charge is -2.36. The first-order valence-electron chi connectivity index (χ1n) is 10.9. The molecular formula is C25H26N6O. The van der Waals surface area contributed by atoms with Crippen LogP contribution in [0.1, 0.15) is 46.3 Å². The standard InChI is InChI=1S/C25H26N6O/c1-17-12-18(2)23(24-27-9-5-10-28-24)21(13-17)25(32)31-11-4-3-6-20(31)16-30-22-8-7-19(14-26)15-29-22/h5,7-10,12-13,15,20H,3-4,6,11,16H2,1-2H3,(H,29,30). The molecule has 0 radical (unpaired) electrons. The van der Waals surface area contributed by atoms with Crippen molar-refractivity contribution in [1.82, 2.24) is 19.9 Å². The van der Waals surface area contributed by atoms with Gasteiger partial charge in [0.1, 0.15) is 11.9 Å². The van der Waals surface area contributed by atoms with Gasteiger partial charge in [-0.1, -0.05) is 11.6 Å². The normalized spacial score (nSPS) is 15.8. The first-order chi connectivity index (χ1) is 15.6. The molecule has 1 aliphatic heterocycles. The zero-order valence-electron chi connectivity index (χ0n) is 18.4. The van der Waals surface area contributed by atoms with Crippen LogP contribution in [0.2, 0.25) is 0 Å². The van der Waals surface area contributed by atoms with E-state index in [9.17, 15) is 4.79 Å². The van der Waals surface area contributed by atoms with Crippen LogP contribution in [0.4, 0.5) is 5.82 Å². The number of nitriles is 1. The van der Waals surface area contributed by atoms with Gasteiger partial charge >= 0.3 is 0 Å². The summed E-state index contributed by atoms with van der Waals surface area (Å²) < 4.78 is 0. The summed E-state index contributed by atoms with van der Waals surface area (Å²) in [6, 6.07) is 11.4. The van der Waals surface area contributed by atoms with Gasteiger partial charge in [0.25, 0.3) is 5.91 Å². The minimum absolute atomic E-state index is 0.0125. The average molecular weight is 427 g/mol. The molecule has 32 heavy (non-hydrogen) atoms. The molecule has 0 saturated carbocycles. The molecule has 1 unspecified atom stereocenters.